The van der Waals surface area contributed by atoms with Gasteiger partial charge in [0.15, 0.2) is 5.84 Å². The Kier molecular flexibility index (Phi) is 6.97. The van der Waals surface area contributed by atoms with Gasteiger partial charge in [0.05, 0.1) is 15.6 Å². The van der Waals surface area contributed by atoms with Crippen molar-refractivity contribution in [3.8, 4) is 0 Å². The Morgan fingerprint density at radius 1 is 1.07 bits per heavy atom. The van der Waals surface area contributed by atoms with Gasteiger partial charge in [0.2, 0.25) is 10.0 Å². The zero-order valence-corrected chi connectivity index (χ0v) is 18.0. The summed E-state index contributed by atoms with van der Waals surface area (Å²) < 4.78 is 40.2. The van der Waals surface area contributed by atoms with Gasteiger partial charge in [-0.05, 0) is 49.2 Å². The second kappa shape index (κ2) is 9.30. The van der Waals surface area contributed by atoms with E-state index in [4.69, 9.17) is 33.8 Å². The highest BCUT2D eigenvalue weighted by Crippen LogP contribution is 2.32. The maximum absolute atomic E-state index is 13.0. The van der Waals surface area contributed by atoms with Crippen LogP contribution in [-0.2, 0) is 14.9 Å². The zero-order valence-electron chi connectivity index (χ0n) is 15.6. The number of carbonyl (C=O) groups is 1. The van der Waals surface area contributed by atoms with Gasteiger partial charge in [0.25, 0.3) is 0 Å². The lowest BCUT2D eigenvalue weighted by Gasteiger charge is -2.26. The number of amidine groups is 1. The first-order chi connectivity index (χ1) is 14.2. The third-order valence-corrected chi connectivity index (χ3v) is 7.22. The van der Waals surface area contributed by atoms with Crippen molar-refractivity contribution in [1.82, 2.24) is 4.31 Å². The van der Waals surface area contributed by atoms with Crippen molar-refractivity contribution in [2.45, 2.75) is 24.2 Å². The van der Waals surface area contributed by atoms with E-state index in [0.717, 1.165) is 25.3 Å². The molecule has 1 saturated heterocycles. The molecule has 1 heterocycles. The van der Waals surface area contributed by atoms with Crippen molar-refractivity contribution < 1.29 is 22.4 Å². The number of oxime groups is 1. The molecule has 0 atom stereocenters. The van der Waals surface area contributed by atoms with Crippen LogP contribution in [0.2, 0.25) is 10.0 Å². The summed E-state index contributed by atoms with van der Waals surface area (Å²) in [5.74, 6) is -1.65. The number of halogens is 3. The molecule has 0 amide bonds. The number of rotatable bonds is 5. The van der Waals surface area contributed by atoms with E-state index in [1.54, 1.807) is 0 Å². The standard InChI is InChI=1S/C19H18Cl2FN3O4S/c20-15-11-16(21)17(30(27,28)25-8-2-1-3-9-25)10-14(15)19(26)29-24-18(23)12-4-6-13(22)7-5-12/h4-7,10-11H,1-3,8-9H2,(H2,23,24). The maximum atomic E-state index is 13.0. The molecule has 1 aliphatic rings. The Hall–Kier alpha value is -2.20. The number of carbonyl (C=O) groups excluding carboxylic acids is 1. The quantitative estimate of drug-likeness (QED) is 0.308. The predicted molar refractivity (Wildman–Crippen MR) is 112 cm³/mol. The topological polar surface area (TPSA) is 102 Å². The first-order valence-corrected chi connectivity index (χ1v) is 11.2. The second-order valence-electron chi connectivity index (χ2n) is 6.59. The molecular formula is C19H18Cl2FN3O4S. The minimum Gasteiger partial charge on any atom is -0.380 e. The molecule has 160 valence electrons. The van der Waals surface area contributed by atoms with E-state index in [0.29, 0.717) is 18.7 Å². The molecule has 2 aromatic carbocycles. The molecule has 30 heavy (non-hydrogen) atoms. The zero-order chi connectivity index (χ0) is 21.9. The fraction of sp³-hybridized carbons (Fsp3) is 0.263. The molecular weight excluding hydrogens is 456 g/mol. The van der Waals surface area contributed by atoms with Crippen molar-refractivity contribution in [3.05, 3.63) is 63.4 Å². The minimum absolute atomic E-state index is 0.0989. The molecule has 0 aromatic heterocycles. The van der Waals surface area contributed by atoms with Crippen LogP contribution in [0.15, 0.2) is 46.4 Å². The minimum atomic E-state index is -3.90. The number of nitrogens with zero attached hydrogens (tertiary/aromatic N) is 2. The van der Waals surface area contributed by atoms with Gasteiger partial charge < -0.3 is 10.6 Å². The van der Waals surface area contributed by atoms with Crippen LogP contribution in [-0.4, -0.2) is 37.6 Å². The molecule has 7 nitrogen and oxygen atoms in total. The molecule has 0 saturated carbocycles. The number of hydrogen-bond donors (Lipinski definition) is 1. The normalized spacial score (nSPS) is 15.8. The van der Waals surface area contributed by atoms with Crippen molar-refractivity contribution in [1.29, 1.82) is 0 Å². The Morgan fingerprint density at radius 3 is 2.33 bits per heavy atom. The van der Waals surface area contributed by atoms with E-state index in [-0.39, 0.29) is 26.3 Å². The van der Waals surface area contributed by atoms with Crippen LogP contribution in [0.1, 0.15) is 35.2 Å². The molecule has 0 bridgehead atoms. The van der Waals surface area contributed by atoms with Gasteiger partial charge in [-0.1, -0.05) is 34.8 Å². The lowest BCUT2D eigenvalue weighted by Crippen LogP contribution is -2.35. The third kappa shape index (κ3) is 4.92. The number of sulfonamides is 1. The average molecular weight is 474 g/mol. The summed E-state index contributed by atoms with van der Waals surface area (Å²) in [6.45, 7) is 0.749. The lowest BCUT2D eigenvalue weighted by atomic mass is 10.2. The molecule has 0 spiro atoms. The van der Waals surface area contributed by atoms with Gasteiger partial charge in [-0.2, -0.15) is 4.31 Å². The van der Waals surface area contributed by atoms with E-state index in [1.807, 2.05) is 0 Å². The predicted octanol–water partition coefficient (Wildman–Crippen LogP) is 3.78. The Morgan fingerprint density at radius 2 is 1.70 bits per heavy atom. The van der Waals surface area contributed by atoms with Crippen LogP contribution in [0.5, 0.6) is 0 Å². The van der Waals surface area contributed by atoms with Crippen molar-refractivity contribution >= 4 is 45.0 Å². The van der Waals surface area contributed by atoms with Gasteiger partial charge in [-0.15, -0.1) is 0 Å². The first-order valence-electron chi connectivity index (χ1n) is 9.00. The SMILES string of the molecule is N/C(=N\OC(=O)c1cc(S(=O)(=O)N2CCCCC2)c(Cl)cc1Cl)c1ccc(F)cc1. The van der Waals surface area contributed by atoms with E-state index >= 15 is 0 Å². The molecule has 2 aromatic rings. The van der Waals surface area contributed by atoms with E-state index in [2.05, 4.69) is 5.16 Å². The van der Waals surface area contributed by atoms with Crippen LogP contribution in [0.4, 0.5) is 4.39 Å². The summed E-state index contributed by atoms with van der Waals surface area (Å²) in [7, 11) is -3.90. The Balaban J connectivity index is 1.86. The highest BCUT2D eigenvalue weighted by atomic mass is 35.5. The number of benzene rings is 2. The summed E-state index contributed by atoms with van der Waals surface area (Å²) in [5.41, 5.74) is 5.83. The average Bonchev–Trinajstić information content (AvgIpc) is 2.72. The second-order valence-corrected chi connectivity index (χ2v) is 9.31. The first kappa shape index (κ1) is 22.5. The number of piperidine rings is 1. The summed E-state index contributed by atoms with van der Waals surface area (Å²) in [6, 6.07) is 7.31. The van der Waals surface area contributed by atoms with E-state index in [1.165, 1.54) is 34.6 Å². The third-order valence-electron chi connectivity index (χ3n) is 4.54. The molecule has 0 radical (unpaired) electrons. The molecule has 3 rings (SSSR count). The number of hydrogen-bond acceptors (Lipinski definition) is 5. The number of nitrogens with two attached hydrogens (primary N) is 1. The van der Waals surface area contributed by atoms with E-state index < -0.39 is 21.8 Å². The Labute approximate surface area is 183 Å². The lowest BCUT2D eigenvalue weighted by molar-refractivity contribution is 0.0516. The van der Waals surface area contributed by atoms with Crippen molar-refractivity contribution in [2.24, 2.45) is 10.9 Å². The van der Waals surface area contributed by atoms with Gasteiger partial charge in [-0.25, -0.2) is 17.6 Å². The van der Waals surface area contributed by atoms with Gasteiger partial charge in [0.1, 0.15) is 10.7 Å². The van der Waals surface area contributed by atoms with Crippen LogP contribution in [0.3, 0.4) is 0 Å². The highest BCUT2D eigenvalue weighted by Gasteiger charge is 2.30. The molecule has 0 unspecified atom stereocenters. The Bertz CT molecular complexity index is 1090. The monoisotopic (exact) mass is 473 g/mol. The summed E-state index contributed by atoms with van der Waals surface area (Å²) in [4.78, 5) is 17.0. The summed E-state index contributed by atoms with van der Waals surface area (Å²) in [5, 5.41) is 3.32. The summed E-state index contributed by atoms with van der Waals surface area (Å²) in [6.07, 6.45) is 2.44. The van der Waals surface area contributed by atoms with Gasteiger partial charge >= 0.3 is 5.97 Å². The van der Waals surface area contributed by atoms with Gasteiger partial charge in [-0.3, -0.25) is 0 Å². The molecule has 1 aliphatic heterocycles. The molecule has 0 aliphatic carbocycles. The fourth-order valence-electron chi connectivity index (χ4n) is 2.94. The van der Waals surface area contributed by atoms with Crippen LogP contribution in [0.25, 0.3) is 0 Å². The van der Waals surface area contributed by atoms with Crippen molar-refractivity contribution in [3.63, 3.8) is 0 Å². The van der Waals surface area contributed by atoms with Crippen LogP contribution in [0, 0.1) is 5.82 Å². The molecule has 11 heteroatoms. The molecule has 2 N–H and O–H groups in total. The van der Waals surface area contributed by atoms with E-state index in [9.17, 15) is 17.6 Å². The highest BCUT2D eigenvalue weighted by molar-refractivity contribution is 7.89. The van der Waals surface area contributed by atoms with Gasteiger partial charge in [0, 0.05) is 18.7 Å². The summed E-state index contributed by atoms with van der Waals surface area (Å²) >= 11 is 12.2. The van der Waals surface area contributed by atoms with Crippen LogP contribution >= 0.6 is 23.2 Å². The van der Waals surface area contributed by atoms with Crippen LogP contribution < -0.4 is 5.73 Å². The fourth-order valence-corrected chi connectivity index (χ4v) is 5.28. The smallest absolute Gasteiger partial charge is 0.367 e. The largest absolute Gasteiger partial charge is 0.380 e. The molecule has 1 fully saturated rings. The van der Waals surface area contributed by atoms with Crippen molar-refractivity contribution in [2.75, 3.05) is 13.1 Å². The maximum Gasteiger partial charge on any atom is 0.367 e.